The Balaban J connectivity index is 2.04. The molecule has 182 valence electrons. The van der Waals surface area contributed by atoms with Crippen molar-refractivity contribution in [3.63, 3.8) is 0 Å². The number of benzene rings is 1. The van der Waals surface area contributed by atoms with Crippen LogP contribution in [0.1, 0.15) is 46.2 Å². The SMILES string of the molecule is CCOC(=O)c1c(S(=O)(=O)N(CCOC)Cc2ccc3c(c2)CCCN3C)c(C)n(C)c1C. The van der Waals surface area contributed by atoms with E-state index in [0.717, 1.165) is 24.9 Å². The second-order valence-electron chi connectivity index (χ2n) is 8.47. The molecular formula is C24H35N3O5S. The molecule has 33 heavy (non-hydrogen) atoms. The molecule has 1 aliphatic heterocycles. The van der Waals surface area contributed by atoms with Crippen LogP contribution in [0.4, 0.5) is 5.69 Å². The van der Waals surface area contributed by atoms with E-state index in [9.17, 15) is 13.2 Å². The van der Waals surface area contributed by atoms with Crippen LogP contribution >= 0.6 is 0 Å². The molecular weight excluding hydrogens is 442 g/mol. The maximum Gasteiger partial charge on any atom is 0.341 e. The van der Waals surface area contributed by atoms with Gasteiger partial charge in [-0.25, -0.2) is 13.2 Å². The first-order valence-electron chi connectivity index (χ1n) is 11.3. The van der Waals surface area contributed by atoms with Gasteiger partial charge in [-0.3, -0.25) is 0 Å². The van der Waals surface area contributed by atoms with Gasteiger partial charge in [0.1, 0.15) is 10.5 Å². The lowest BCUT2D eigenvalue weighted by Gasteiger charge is -2.28. The molecule has 0 N–H and O–H groups in total. The average molecular weight is 478 g/mol. The zero-order chi connectivity index (χ0) is 24.3. The van der Waals surface area contributed by atoms with Crippen LogP contribution in [0.15, 0.2) is 23.1 Å². The maximum absolute atomic E-state index is 13.9. The number of fused-ring (bicyclic) bond motifs is 1. The summed E-state index contributed by atoms with van der Waals surface area (Å²) >= 11 is 0. The van der Waals surface area contributed by atoms with E-state index in [1.54, 1.807) is 39.5 Å². The molecule has 3 rings (SSSR count). The molecule has 9 heteroatoms. The van der Waals surface area contributed by atoms with E-state index in [2.05, 4.69) is 24.1 Å². The van der Waals surface area contributed by atoms with E-state index in [1.807, 2.05) is 6.07 Å². The number of carbonyl (C=O) groups is 1. The average Bonchev–Trinajstić information content (AvgIpc) is 3.01. The molecule has 0 fully saturated rings. The normalized spacial score (nSPS) is 14.0. The molecule has 2 heterocycles. The van der Waals surface area contributed by atoms with E-state index >= 15 is 0 Å². The highest BCUT2D eigenvalue weighted by Crippen LogP contribution is 2.32. The number of methoxy groups -OCH3 is 1. The van der Waals surface area contributed by atoms with Crippen molar-refractivity contribution in [3.8, 4) is 0 Å². The van der Waals surface area contributed by atoms with Gasteiger partial charge in [0, 0.05) is 57.9 Å². The van der Waals surface area contributed by atoms with Crippen LogP contribution in [0.2, 0.25) is 0 Å². The van der Waals surface area contributed by atoms with E-state index in [4.69, 9.17) is 9.47 Å². The first kappa shape index (κ1) is 25.3. The van der Waals surface area contributed by atoms with E-state index < -0.39 is 16.0 Å². The van der Waals surface area contributed by atoms with E-state index in [-0.39, 0.29) is 36.8 Å². The van der Waals surface area contributed by atoms with Gasteiger partial charge in [-0.2, -0.15) is 4.31 Å². The lowest BCUT2D eigenvalue weighted by atomic mass is 9.99. The molecule has 0 atom stereocenters. The van der Waals surface area contributed by atoms with Crippen molar-refractivity contribution >= 4 is 21.7 Å². The first-order chi connectivity index (χ1) is 15.6. The number of aromatic nitrogens is 1. The fourth-order valence-electron chi connectivity index (χ4n) is 4.42. The van der Waals surface area contributed by atoms with Gasteiger partial charge in [0.15, 0.2) is 0 Å². The van der Waals surface area contributed by atoms with Gasteiger partial charge in [0.2, 0.25) is 10.0 Å². The quantitative estimate of drug-likeness (QED) is 0.517. The molecule has 0 saturated carbocycles. The van der Waals surface area contributed by atoms with Gasteiger partial charge in [-0.1, -0.05) is 12.1 Å². The molecule has 0 unspecified atom stereocenters. The summed E-state index contributed by atoms with van der Waals surface area (Å²) in [7, 11) is 1.36. The number of esters is 1. The Morgan fingerprint density at radius 2 is 1.91 bits per heavy atom. The van der Waals surface area contributed by atoms with Crippen LogP contribution in [0.25, 0.3) is 0 Å². The standard InChI is InChI=1S/C24H35N3O5S/c1-7-32-24(28)22-17(2)26(5)18(3)23(22)33(29,30)27(13-14-31-6)16-19-10-11-21-20(15-19)9-8-12-25(21)4/h10-11,15H,7-9,12-14,16H2,1-6H3. The number of hydrogen-bond donors (Lipinski definition) is 0. The number of hydrogen-bond acceptors (Lipinski definition) is 6. The Bertz CT molecular complexity index is 1120. The number of sulfonamides is 1. The molecule has 1 aromatic heterocycles. The Morgan fingerprint density at radius 3 is 2.58 bits per heavy atom. The third-order valence-electron chi connectivity index (χ3n) is 6.40. The molecule has 1 aromatic carbocycles. The van der Waals surface area contributed by atoms with Crippen molar-refractivity contribution < 1.29 is 22.7 Å². The van der Waals surface area contributed by atoms with Crippen molar-refractivity contribution in [2.24, 2.45) is 7.05 Å². The van der Waals surface area contributed by atoms with Crippen LogP contribution in [-0.2, 0) is 39.5 Å². The zero-order valence-corrected chi connectivity index (χ0v) is 21.3. The van der Waals surface area contributed by atoms with Crippen LogP contribution in [0.3, 0.4) is 0 Å². The van der Waals surface area contributed by atoms with Crippen molar-refractivity contribution in [3.05, 3.63) is 46.3 Å². The predicted octanol–water partition coefficient (Wildman–Crippen LogP) is 3.04. The monoisotopic (exact) mass is 477 g/mol. The number of aryl methyl sites for hydroxylation is 1. The Labute approximate surface area is 197 Å². The molecule has 2 aromatic rings. The first-order valence-corrected chi connectivity index (χ1v) is 12.7. The number of nitrogens with zero attached hydrogens (tertiary/aromatic N) is 3. The van der Waals surface area contributed by atoms with Gasteiger partial charge in [0.05, 0.1) is 13.2 Å². The van der Waals surface area contributed by atoms with Crippen molar-refractivity contribution in [2.45, 2.75) is 45.1 Å². The van der Waals surface area contributed by atoms with Gasteiger partial charge >= 0.3 is 5.97 Å². The van der Waals surface area contributed by atoms with Crippen molar-refractivity contribution in [2.75, 3.05) is 45.4 Å². The van der Waals surface area contributed by atoms with Crippen molar-refractivity contribution in [1.82, 2.24) is 8.87 Å². The Hall–Kier alpha value is -2.36. The number of carbonyl (C=O) groups excluding carboxylic acids is 1. The molecule has 0 saturated heterocycles. The summed E-state index contributed by atoms with van der Waals surface area (Å²) in [5, 5.41) is 0. The predicted molar refractivity (Wildman–Crippen MR) is 128 cm³/mol. The third kappa shape index (κ3) is 4.95. The fourth-order valence-corrected chi connectivity index (χ4v) is 6.31. The minimum absolute atomic E-state index is 0.00902. The number of anilines is 1. The summed E-state index contributed by atoms with van der Waals surface area (Å²) in [5.74, 6) is -0.624. The van der Waals surface area contributed by atoms with Crippen LogP contribution in [0, 0.1) is 13.8 Å². The Kier molecular flexibility index (Phi) is 7.87. The molecule has 0 amide bonds. The summed E-state index contributed by atoms with van der Waals surface area (Å²) in [6.45, 7) is 6.95. The topological polar surface area (TPSA) is 81.1 Å². The Morgan fingerprint density at radius 1 is 1.18 bits per heavy atom. The van der Waals surface area contributed by atoms with Crippen LogP contribution in [0.5, 0.6) is 0 Å². The van der Waals surface area contributed by atoms with Gasteiger partial charge in [-0.05, 0) is 50.8 Å². The highest BCUT2D eigenvalue weighted by Gasteiger charge is 2.35. The highest BCUT2D eigenvalue weighted by molar-refractivity contribution is 7.89. The number of rotatable bonds is 9. The van der Waals surface area contributed by atoms with Crippen LogP contribution in [-0.4, -0.2) is 63.7 Å². The molecule has 1 aliphatic rings. The summed E-state index contributed by atoms with van der Waals surface area (Å²) < 4.78 is 41.4. The lowest BCUT2D eigenvalue weighted by molar-refractivity contribution is 0.0521. The van der Waals surface area contributed by atoms with E-state index in [0.29, 0.717) is 11.4 Å². The maximum atomic E-state index is 13.9. The van der Waals surface area contributed by atoms with Crippen LogP contribution < -0.4 is 4.90 Å². The van der Waals surface area contributed by atoms with E-state index in [1.165, 1.54) is 15.6 Å². The summed E-state index contributed by atoms with van der Waals surface area (Å²) in [6, 6.07) is 6.13. The molecule has 8 nitrogen and oxygen atoms in total. The molecule has 0 bridgehead atoms. The van der Waals surface area contributed by atoms with Gasteiger partial charge in [0.25, 0.3) is 0 Å². The van der Waals surface area contributed by atoms with Gasteiger partial charge in [-0.15, -0.1) is 0 Å². The smallest absolute Gasteiger partial charge is 0.341 e. The lowest BCUT2D eigenvalue weighted by Crippen LogP contribution is -2.35. The summed E-state index contributed by atoms with van der Waals surface area (Å²) in [6.07, 6.45) is 2.05. The minimum atomic E-state index is -4.01. The third-order valence-corrected chi connectivity index (χ3v) is 8.41. The number of ether oxygens (including phenoxy) is 2. The van der Waals surface area contributed by atoms with Crippen molar-refractivity contribution in [1.29, 1.82) is 0 Å². The minimum Gasteiger partial charge on any atom is -0.462 e. The molecule has 0 radical (unpaired) electrons. The second-order valence-corrected chi connectivity index (χ2v) is 10.3. The fraction of sp³-hybridized carbons (Fsp3) is 0.542. The highest BCUT2D eigenvalue weighted by atomic mass is 32.2. The largest absolute Gasteiger partial charge is 0.462 e. The molecule has 0 spiro atoms. The summed E-state index contributed by atoms with van der Waals surface area (Å²) in [5.41, 5.74) is 4.50. The zero-order valence-electron chi connectivity index (χ0n) is 20.5. The second kappa shape index (κ2) is 10.3. The van der Waals surface area contributed by atoms with Gasteiger partial charge < -0.3 is 18.9 Å². The summed E-state index contributed by atoms with van der Waals surface area (Å²) in [4.78, 5) is 15.0. The molecule has 0 aliphatic carbocycles.